The maximum absolute atomic E-state index is 13.2. The molecule has 1 aliphatic rings. The van der Waals surface area contributed by atoms with E-state index in [9.17, 15) is 4.79 Å². The first-order valence-electron chi connectivity index (χ1n) is 10.4. The quantitative estimate of drug-likeness (QED) is 0.496. The molecule has 0 aliphatic carbocycles. The molecule has 0 radical (unpaired) electrons. The normalized spacial score (nSPS) is 12.5. The van der Waals surface area contributed by atoms with Gasteiger partial charge in [-0.1, -0.05) is 71.8 Å². The number of amides is 1. The van der Waals surface area contributed by atoms with Crippen molar-refractivity contribution in [3.63, 3.8) is 0 Å². The van der Waals surface area contributed by atoms with E-state index >= 15 is 0 Å². The van der Waals surface area contributed by atoms with Crippen LogP contribution in [0.5, 0.6) is 11.5 Å². The summed E-state index contributed by atoms with van der Waals surface area (Å²) in [5.74, 6) is 1.09. The number of carbonyl (C=O) groups excluding carboxylic acids is 1. The highest BCUT2D eigenvalue weighted by atomic mass is 16.6. The zero-order chi connectivity index (χ0) is 21.8. The van der Waals surface area contributed by atoms with Gasteiger partial charge in [0.2, 0.25) is 11.8 Å². The molecule has 0 saturated carbocycles. The summed E-state index contributed by atoms with van der Waals surface area (Å²) in [6, 6.07) is 25.0. The lowest BCUT2D eigenvalue weighted by Crippen LogP contribution is -2.22. The van der Waals surface area contributed by atoms with Gasteiger partial charge in [0.25, 0.3) is 0 Å². The van der Waals surface area contributed by atoms with Gasteiger partial charge in [-0.15, -0.1) is 5.10 Å². The fourth-order valence-electron chi connectivity index (χ4n) is 3.71. The Morgan fingerprint density at radius 1 is 0.844 bits per heavy atom. The van der Waals surface area contributed by atoms with Crippen LogP contribution in [0.15, 0.2) is 83.3 Å². The van der Waals surface area contributed by atoms with Crippen LogP contribution >= 0.6 is 0 Å². The van der Waals surface area contributed by atoms with Gasteiger partial charge in [-0.2, -0.15) is 0 Å². The number of nitrogens with zero attached hydrogens (tertiary/aromatic N) is 2. The summed E-state index contributed by atoms with van der Waals surface area (Å²) < 4.78 is 16.9. The van der Waals surface area contributed by atoms with E-state index in [1.807, 2.05) is 78.9 Å². The molecule has 1 aromatic heterocycles. The second-order valence-corrected chi connectivity index (χ2v) is 7.40. The fraction of sp³-hybridized carbons (Fsp3) is 0.160. The molecule has 2 heterocycles. The van der Waals surface area contributed by atoms with Crippen molar-refractivity contribution in [2.45, 2.75) is 12.3 Å². The number of benzene rings is 3. The first-order valence-corrected chi connectivity index (χ1v) is 10.4. The minimum atomic E-state index is -0.495. The Bertz CT molecular complexity index is 1170. The molecule has 0 atom stereocenters. The second kappa shape index (κ2) is 8.93. The molecular weight excluding hydrogens is 406 g/mol. The van der Waals surface area contributed by atoms with E-state index in [1.165, 1.54) is 0 Å². The molecule has 7 nitrogen and oxygen atoms in total. The van der Waals surface area contributed by atoms with Crippen molar-refractivity contribution in [2.75, 3.05) is 18.5 Å². The van der Waals surface area contributed by atoms with Crippen LogP contribution in [0.1, 0.15) is 28.5 Å². The lowest BCUT2D eigenvalue weighted by molar-refractivity contribution is -0.116. The Balaban J connectivity index is 1.32. The lowest BCUT2D eigenvalue weighted by Gasteiger charge is -2.18. The van der Waals surface area contributed by atoms with Crippen LogP contribution in [0, 0.1) is 0 Å². The van der Waals surface area contributed by atoms with Crippen molar-refractivity contribution in [3.8, 4) is 11.5 Å². The molecule has 5 rings (SSSR count). The minimum absolute atomic E-state index is 0.0689. The summed E-state index contributed by atoms with van der Waals surface area (Å²) in [4.78, 5) is 13.2. The van der Waals surface area contributed by atoms with Gasteiger partial charge in [0.15, 0.2) is 11.5 Å². The first kappa shape index (κ1) is 19.8. The molecule has 1 aliphatic heterocycles. The summed E-state index contributed by atoms with van der Waals surface area (Å²) in [6.45, 7) is 1.07. The smallest absolute Gasteiger partial charge is 0.322 e. The zero-order valence-electron chi connectivity index (χ0n) is 17.2. The molecule has 0 fully saturated rings. The standard InChI is InChI=1S/C25H21N3O4/c29-24(23(18-7-3-1-4-8-18)19-9-5-2-6-10-19)26-25-28-27-22(32-25)16-17-11-12-20-21(15-17)31-14-13-30-20/h1-12,15,23H,13-14,16H2,(H,26,28,29). The molecular formula is C25H21N3O4. The molecule has 7 heteroatoms. The van der Waals surface area contributed by atoms with Crippen molar-refractivity contribution >= 4 is 11.9 Å². The number of carbonyl (C=O) groups is 1. The Morgan fingerprint density at radius 2 is 1.50 bits per heavy atom. The fourth-order valence-corrected chi connectivity index (χ4v) is 3.71. The highest BCUT2D eigenvalue weighted by Gasteiger charge is 2.24. The number of fused-ring (bicyclic) bond motifs is 1. The van der Waals surface area contributed by atoms with Crippen LogP contribution in [0.2, 0.25) is 0 Å². The predicted octanol–water partition coefficient (Wildman–Crippen LogP) is 4.20. The van der Waals surface area contributed by atoms with Gasteiger partial charge in [0.05, 0.1) is 12.3 Å². The molecule has 1 amide bonds. The summed E-state index contributed by atoms with van der Waals surface area (Å²) in [6.07, 6.45) is 0.417. The summed E-state index contributed by atoms with van der Waals surface area (Å²) >= 11 is 0. The number of rotatable bonds is 6. The van der Waals surface area contributed by atoms with Crippen LogP contribution < -0.4 is 14.8 Å². The number of hydrogen-bond donors (Lipinski definition) is 1. The van der Waals surface area contributed by atoms with E-state index in [-0.39, 0.29) is 11.9 Å². The van der Waals surface area contributed by atoms with E-state index in [0.717, 1.165) is 22.4 Å². The largest absolute Gasteiger partial charge is 0.486 e. The topological polar surface area (TPSA) is 86.5 Å². The molecule has 0 spiro atoms. The maximum Gasteiger partial charge on any atom is 0.322 e. The van der Waals surface area contributed by atoms with Crippen molar-refractivity contribution in [2.24, 2.45) is 0 Å². The number of ether oxygens (including phenoxy) is 2. The molecule has 32 heavy (non-hydrogen) atoms. The summed E-state index contributed by atoms with van der Waals surface area (Å²) in [7, 11) is 0. The van der Waals surface area contributed by atoms with E-state index in [4.69, 9.17) is 13.9 Å². The number of anilines is 1. The summed E-state index contributed by atoms with van der Waals surface area (Å²) in [5.41, 5.74) is 2.71. The minimum Gasteiger partial charge on any atom is -0.486 e. The van der Waals surface area contributed by atoms with Crippen molar-refractivity contribution in [1.82, 2.24) is 10.2 Å². The van der Waals surface area contributed by atoms with Gasteiger partial charge in [-0.05, 0) is 28.8 Å². The van der Waals surface area contributed by atoms with Gasteiger partial charge in [0.1, 0.15) is 13.2 Å². The van der Waals surface area contributed by atoms with E-state index in [0.29, 0.717) is 31.3 Å². The van der Waals surface area contributed by atoms with Crippen molar-refractivity contribution < 1.29 is 18.7 Å². The van der Waals surface area contributed by atoms with Crippen LogP contribution in [-0.4, -0.2) is 29.3 Å². The Kier molecular flexibility index (Phi) is 5.53. The summed E-state index contributed by atoms with van der Waals surface area (Å²) in [5, 5.41) is 10.9. The SMILES string of the molecule is O=C(Nc1nnc(Cc2ccc3c(c2)OCCO3)o1)C(c1ccccc1)c1ccccc1. The highest BCUT2D eigenvalue weighted by molar-refractivity contribution is 5.96. The average molecular weight is 427 g/mol. The number of nitrogens with one attached hydrogen (secondary N) is 1. The van der Waals surface area contributed by atoms with Gasteiger partial charge in [0, 0.05) is 0 Å². The van der Waals surface area contributed by atoms with Crippen molar-refractivity contribution in [1.29, 1.82) is 0 Å². The number of aromatic nitrogens is 2. The van der Waals surface area contributed by atoms with Gasteiger partial charge in [-0.25, -0.2) is 0 Å². The monoisotopic (exact) mass is 427 g/mol. The third-order valence-electron chi connectivity index (χ3n) is 5.19. The molecule has 4 aromatic rings. The second-order valence-electron chi connectivity index (χ2n) is 7.40. The molecule has 0 bridgehead atoms. The highest BCUT2D eigenvalue weighted by Crippen LogP contribution is 2.31. The van der Waals surface area contributed by atoms with Crippen LogP contribution in [0.25, 0.3) is 0 Å². The molecule has 0 unspecified atom stereocenters. The Labute approximate surface area is 185 Å². The van der Waals surface area contributed by atoms with Crippen LogP contribution in [0.4, 0.5) is 6.01 Å². The third-order valence-corrected chi connectivity index (χ3v) is 5.19. The average Bonchev–Trinajstić information content (AvgIpc) is 3.27. The maximum atomic E-state index is 13.2. The van der Waals surface area contributed by atoms with Gasteiger partial charge >= 0.3 is 6.01 Å². The third kappa shape index (κ3) is 4.32. The molecule has 160 valence electrons. The first-order chi connectivity index (χ1) is 15.8. The Hall–Kier alpha value is -4.13. The Morgan fingerprint density at radius 3 is 2.19 bits per heavy atom. The van der Waals surface area contributed by atoms with Crippen LogP contribution in [0.3, 0.4) is 0 Å². The molecule has 1 N–H and O–H groups in total. The predicted molar refractivity (Wildman–Crippen MR) is 118 cm³/mol. The van der Waals surface area contributed by atoms with E-state index in [1.54, 1.807) is 0 Å². The van der Waals surface area contributed by atoms with Gasteiger partial charge < -0.3 is 13.9 Å². The molecule has 0 saturated heterocycles. The molecule has 3 aromatic carbocycles. The van der Waals surface area contributed by atoms with E-state index in [2.05, 4.69) is 15.5 Å². The number of hydrogen-bond acceptors (Lipinski definition) is 6. The lowest BCUT2D eigenvalue weighted by atomic mass is 9.90. The van der Waals surface area contributed by atoms with Crippen molar-refractivity contribution in [3.05, 3.63) is 101 Å². The van der Waals surface area contributed by atoms with Gasteiger partial charge in [-0.3, -0.25) is 10.1 Å². The van der Waals surface area contributed by atoms with E-state index < -0.39 is 5.92 Å². The van der Waals surface area contributed by atoms with Crippen LogP contribution in [-0.2, 0) is 11.2 Å². The zero-order valence-corrected chi connectivity index (χ0v) is 17.2.